The van der Waals surface area contributed by atoms with Crippen LogP contribution in [-0.2, 0) is 14.3 Å². The zero-order valence-electron chi connectivity index (χ0n) is 13.6. The zero-order valence-corrected chi connectivity index (χ0v) is 14.4. The third kappa shape index (κ3) is 3.91. The fourth-order valence-corrected chi connectivity index (χ4v) is 2.70. The van der Waals surface area contributed by atoms with Gasteiger partial charge in [-0.05, 0) is 29.8 Å². The average Bonchev–Trinajstić information content (AvgIpc) is 3.29. The van der Waals surface area contributed by atoms with Crippen LogP contribution in [0.5, 0.6) is 0 Å². The smallest absolute Gasteiger partial charge is 0.306 e. The van der Waals surface area contributed by atoms with Gasteiger partial charge in [-0.15, -0.1) is 0 Å². The quantitative estimate of drug-likeness (QED) is 0.764. The molecule has 6 nitrogen and oxygen atoms in total. The van der Waals surface area contributed by atoms with Gasteiger partial charge in [0.15, 0.2) is 6.61 Å². The molecule has 0 radical (unpaired) electrons. The first-order valence-electron chi connectivity index (χ1n) is 7.93. The highest BCUT2D eigenvalue weighted by atomic mass is 35.5. The van der Waals surface area contributed by atoms with Gasteiger partial charge in [0, 0.05) is 17.9 Å². The number of hydrazone groups is 1. The minimum atomic E-state index is -0.427. The molecule has 0 N–H and O–H groups in total. The van der Waals surface area contributed by atoms with Crippen molar-refractivity contribution in [3.63, 3.8) is 0 Å². The van der Waals surface area contributed by atoms with E-state index in [1.807, 2.05) is 12.1 Å². The Balaban J connectivity index is 1.83. The maximum Gasteiger partial charge on any atom is 0.306 e. The highest BCUT2D eigenvalue weighted by Gasteiger charge is 2.35. The zero-order chi connectivity index (χ0) is 17.8. The molecule has 0 saturated heterocycles. The number of hydrogen-bond donors (Lipinski definition) is 0. The SMILES string of the molecule is CCC(=O)OCC(=O)N1N=C(c2ccc(Cl)cc2)C[C@@H]1c1ccco1. The lowest BCUT2D eigenvalue weighted by Gasteiger charge is -2.19. The number of rotatable bonds is 5. The van der Waals surface area contributed by atoms with E-state index < -0.39 is 11.9 Å². The largest absolute Gasteiger partial charge is 0.467 e. The van der Waals surface area contributed by atoms with E-state index in [0.717, 1.165) is 11.3 Å². The van der Waals surface area contributed by atoms with Gasteiger partial charge in [-0.25, -0.2) is 5.01 Å². The van der Waals surface area contributed by atoms with Gasteiger partial charge in [-0.2, -0.15) is 5.10 Å². The molecule has 25 heavy (non-hydrogen) atoms. The molecule has 1 aromatic carbocycles. The van der Waals surface area contributed by atoms with Gasteiger partial charge in [0.1, 0.15) is 11.8 Å². The number of amides is 1. The summed E-state index contributed by atoms with van der Waals surface area (Å²) in [5, 5.41) is 6.39. The molecule has 2 aromatic rings. The summed E-state index contributed by atoms with van der Waals surface area (Å²) in [6, 6.07) is 10.4. The number of hydrogen-bond acceptors (Lipinski definition) is 5. The van der Waals surface area contributed by atoms with Crippen molar-refractivity contribution in [2.24, 2.45) is 5.10 Å². The number of carbonyl (C=O) groups excluding carboxylic acids is 2. The minimum Gasteiger partial charge on any atom is -0.467 e. The third-order valence-electron chi connectivity index (χ3n) is 3.86. The third-order valence-corrected chi connectivity index (χ3v) is 4.11. The number of furan rings is 1. The van der Waals surface area contributed by atoms with Crippen molar-refractivity contribution in [3.8, 4) is 0 Å². The van der Waals surface area contributed by atoms with Crippen LogP contribution in [0.4, 0.5) is 0 Å². The lowest BCUT2D eigenvalue weighted by molar-refractivity contribution is -0.152. The van der Waals surface area contributed by atoms with Crippen LogP contribution in [0.3, 0.4) is 0 Å². The van der Waals surface area contributed by atoms with Crippen LogP contribution in [0.25, 0.3) is 0 Å². The van der Waals surface area contributed by atoms with E-state index in [2.05, 4.69) is 5.10 Å². The fourth-order valence-electron chi connectivity index (χ4n) is 2.57. The van der Waals surface area contributed by atoms with E-state index in [4.69, 9.17) is 20.8 Å². The van der Waals surface area contributed by atoms with Crippen molar-refractivity contribution in [3.05, 3.63) is 59.0 Å². The van der Waals surface area contributed by atoms with Gasteiger partial charge in [0.05, 0.1) is 12.0 Å². The topological polar surface area (TPSA) is 72.1 Å². The van der Waals surface area contributed by atoms with Crippen LogP contribution < -0.4 is 0 Å². The molecule has 0 aliphatic carbocycles. The molecule has 0 spiro atoms. The number of halogens is 1. The fraction of sp³-hybridized carbons (Fsp3) is 0.278. The van der Waals surface area contributed by atoms with Crippen molar-refractivity contribution in [2.75, 3.05) is 6.61 Å². The first-order chi connectivity index (χ1) is 12.1. The molecule has 1 aliphatic heterocycles. The summed E-state index contributed by atoms with van der Waals surface area (Å²) < 4.78 is 10.4. The van der Waals surface area contributed by atoms with E-state index in [1.165, 1.54) is 5.01 Å². The van der Waals surface area contributed by atoms with E-state index >= 15 is 0 Å². The molecule has 1 amide bonds. The normalized spacial score (nSPS) is 16.6. The van der Waals surface area contributed by atoms with Crippen LogP contribution >= 0.6 is 11.6 Å². The van der Waals surface area contributed by atoms with Gasteiger partial charge in [0.25, 0.3) is 5.91 Å². The predicted molar refractivity (Wildman–Crippen MR) is 92.2 cm³/mol. The molecule has 130 valence electrons. The number of nitrogens with zero attached hydrogens (tertiary/aromatic N) is 2. The van der Waals surface area contributed by atoms with Gasteiger partial charge < -0.3 is 9.15 Å². The molecule has 3 rings (SSSR count). The Labute approximate surface area is 150 Å². The molecule has 7 heteroatoms. The lowest BCUT2D eigenvalue weighted by atomic mass is 10.0. The van der Waals surface area contributed by atoms with Gasteiger partial charge in [-0.3, -0.25) is 9.59 Å². The number of carbonyl (C=O) groups is 2. The second-order valence-corrected chi connectivity index (χ2v) is 5.98. The summed E-state index contributed by atoms with van der Waals surface area (Å²) >= 11 is 5.92. The summed E-state index contributed by atoms with van der Waals surface area (Å²) in [6.45, 7) is 1.33. The second kappa shape index (κ2) is 7.53. The maximum atomic E-state index is 12.5. The van der Waals surface area contributed by atoms with Crippen LogP contribution in [0.2, 0.25) is 5.02 Å². The Morgan fingerprint density at radius 2 is 2.08 bits per heavy atom. The van der Waals surface area contributed by atoms with E-state index in [-0.39, 0.29) is 19.1 Å². The summed E-state index contributed by atoms with van der Waals surface area (Å²) in [5.41, 5.74) is 1.62. The van der Waals surface area contributed by atoms with Crippen molar-refractivity contribution >= 4 is 29.2 Å². The molecule has 0 saturated carbocycles. The summed E-state index contributed by atoms with van der Waals surface area (Å²) in [5.74, 6) is -0.195. The standard InChI is InChI=1S/C18H17ClN2O4/c1-2-18(23)25-11-17(22)21-15(16-4-3-9-24-16)10-14(20-21)12-5-7-13(19)8-6-12/h3-9,15H,2,10-11H2,1H3/t15-/m1/s1. The molecule has 0 fully saturated rings. The highest BCUT2D eigenvalue weighted by molar-refractivity contribution is 6.30. The van der Waals surface area contributed by atoms with E-state index in [9.17, 15) is 9.59 Å². The van der Waals surface area contributed by atoms with Gasteiger partial charge in [-0.1, -0.05) is 30.7 Å². The average molecular weight is 361 g/mol. The molecule has 1 atom stereocenters. The summed E-state index contributed by atoms with van der Waals surface area (Å²) in [7, 11) is 0. The Hall–Kier alpha value is -2.60. The Kier molecular flexibility index (Phi) is 5.19. The van der Waals surface area contributed by atoms with Crippen molar-refractivity contribution in [2.45, 2.75) is 25.8 Å². The molecular formula is C18H17ClN2O4. The second-order valence-electron chi connectivity index (χ2n) is 5.54. The first-order valence-corrected chi connectivity index (χ1v) is 8.30. The number of esters is 1. The monoisotopic (exact) mass is 360 g/mol. The van der Waals surface area contributed by atoms with Crippen LogP contribution in [0, 0.1) is 0 Å². The van der Waals surface area contributed by atoms with Gasteiger partial charge in [0.2, 0.25) is 0 Å². The molecule has 0 bridgehead atoms. The minimum absolute atomic E-state index is 0.216. The lowest BCUT2D eigenvalue weighted by Crippen LogP contribution is -2.31. The van der Waals surface area contributed by atoms with Crippen LogP contribution in [-0.4, -0.2) is 29.2 Å². The molecule has 2 heterocycles. The molecule has 0 unspecified atom stereocenters. The van der Waals surface area contributed by atoms with E-state index in [0.29, 0.717) is 17.2 Å². The Morgan fingerprint density at radius 3 is 2.72 bits per heavy atom. The van der Waals surface area contributed by atoms with Crippen LogP contribution in [0.15, 0.2) is 52.2 Å². The molecule has 1 aliphatic rings. The molecular weight excluding hydrogens is 344 g/mol. The van der Waals surface area contributed by atoms with Crippen molar-refractivity contribution in [1.82, 2.24) is 5.01 Å². The van der Waals surface area contributed by atoms with E-state index in [1.54, 1.807) is 37.5 Å². The molecule has 1 aromatic heterocycles. The highest BCUT2D eigenvalue weighted by Crippen LogP contribution is 2.33. The number of ether oxygens (including phenoxy) is 1. The Morgan fingerprint density at radius 1 is 1.32 bits per heavy atom. The van der Waals surface area contributed by atoms with Crippen molar-refractivity contribution in [1.29, 1.82) is 0 Å². The summed E-state index contributed by atoms with van der Waals surface area (Å²) in [6.07, 6.45) is 2.27. The first kappa shape index (κ1) is 17.2. The van der Waals surface area contributed by atoms with Crippen molar-refractivity contribution < 1.29 is 18.7 Å². The van der Waals surface area contributed by atoms with Crippen LogP contribution in [0.1, 0.15) is 37.1 Å². The predicted octanol–water partition coefficient (Wildman–Crippen LogP) is 3.56. The number of benzene rings is 1. The summed E-state index contributed by atoms with van der Waals surface area (Å²) in [4.78, 5) is 23.8. The van der Waals surface area contributed by atoms with Gasteiger partial charge >= 0.3 is 5.97 Å². The Bertz CT molecular complexity index is 784. The maximum absolute atomic E-state index is 12.5.